The molecule has 3 rings (SSSR count). The van der Waals surface area contributed by atoms with Gasteiger partial charge in [0, 0.05) is 39.3 Å². The van der Waals surface area contributed by atoms with Crippen LogP contribution in [0.2, 0.25) is 0 Å². The molecule has 0 atom stereocenters. The molecule has 1 saturated heterocycles. The lowest BCUT2D eigenvalue weighted by molar-refractivity contribution is 0.264. The molecule has 2 N–H and O–H groups in total. The molecular formula is C12H18ClN5S. The molecular weight excluding hydrogens is 282 g/mol. The monoisotopic (exact) mass is 299 g/mol. The summed E-state index contributed by atoms with van der Waals surface area (Å²) in [4.78, 5) is 13.5. The summed E-state index contributed by atoms with van der Waals surface area (Å²) in [6, 6.07) is 2.05. The van der Waals surface area contributed by atoms with Crippen molar-refractivity contribution in [3.05, 3.63) is 17.8 Å². The van der Waals surface area contributed by atoms with Gasteiger partial charge in [0.15, 0.2) is 0 Å². The number of rotatable bonds is 3. The van der Waals surface area contributed by atoms with Gasteiger partial charge in [-0.1, -0.05) is 0 Å². The number of piperazine rings is 1. The van der Waals surface area contributed by atoms with Gasteiger partial charge in [0.25, 0.3) is 0 Å². The zero-order chi connectivity index (χ0) is 12.4. The van der Waals surface area contributed by atoms with Crippen LogP contribution in [0, 0.1) is 0 Å². The van der Waals surface area contributed by atoms with E-state index in [0.29, 0.717) is 0 Å². The number of nitrogens with zero attached hydrogens (tertiary/aromatic N) is 4. The maximum Gasteiger partial charge on any atom is 0.150 e. The molecule has 0 aromatic carbocycles. The SMILES string of the molecule is Cl.NCCN1CCN(c2ncnc3ccsc23)CC1. The molecule has 1 aliphatic heterocycles. The van der Waals surface area contributed by atoms with Crippen LogP contribution < -0.4 is 10.6 Å². The van der Waals surface area contributed by atoms with E-state index in [2.05, 4.69) is 31.2 Å². The number of thiophene rings is 1. The molecule has 2 aromatic rings. The Morgan fingerprint density at radius 2 is 2.00 bits per heavy atom. The van der Waals surface area contributed by atoms with Crippen molar-refractivity contribution in [1.29, 1.82) is 0 Å². The summed E-state index contributed by atoms with van der Waals surface area (Å²) in [5, 5.41) is 2.08. The van der Waals surface area contributed by atoms with Gasteiger partial charge >= 0.3 is 0 Å². The van der Waals surface area contributed by atoms with Gasteiger partial charge in [0.1, 0.15) is 12.1 Å². The minimum Gasteiger partial charge on any atom is -0.353 e. The number of hydrogen-bond acceptors (Lipinski definition) is 6. The van der Waals surface area contributed by atoms with Crippen molar-refractivity contribution in [2.24, 2.45) is 5.73 Å². The van der Waals surface area contributed by atoms with Crippen LogP contribution in [0.1, 0.15) is 0 Å². The average molecular weight is 300 g/mol. The molecule has 3 heterocycles. The number of fused-ring (bicyclic) bond motifs is 1. The Morgan fingerprint density at radius 1 is 1.21 bits per heavy atom. The second-order valence-electron chi connectivity index (χ2n) is 4.45. The highest BCUT2D eigenvalue weighted by molar-refractivity contribution is 7.17. The molecule has 0 radical (unpaired) electrons. The van der Waals surface area contributed by atoms with Gasteiger partial charge < -0.3 is 10.6 Å². The molecule has 0 unspecified atom stereocenters. The second-order valence-corrected chi connectivity index (χ2v) is 5.37. The first-order valence-corrected chi connectivity index (χ1v) is 7.12. The lowest BCUT2D eigenvalue weighted by Crippen LogP contribution is -2.48. The minimum atomic E-state index is 0. The zero-order valence-corrected chi connectivity index (χ0v) is 12.3. The van der Waals surface area contributed by atoms with Crippen molar-refractivity contribution in [3.63, 3.8) is 0 Å². The summed E-state index contributed by atoms with van der Waals surface area (Å²) < 4.78 is 1.20. The lowest BCUT2D eigenvalue weighted by Gasteiger charge is -2.35. The largest absolute Gasteiger partial charge is 0.353 e. The van der Waals surface area contributed by atoms with Gasteiger partial charge in [-0.05, 0) is 11.4 Å². The first-order chi connectivity index (χ1) is 8.88. The molecule has 2 aromatic heterocycles. The first-order valence-electron chi connectivity index (χ1n) is 6.24. The van der Waals surface area contributed by atoms with Crippen molar-refractivity contribution in [2.45, 2.75) is 0 Å². The molecule has 7 heteroatoms. The number of aromatic nitrogens is 2. The van der Waals surface area contributed by atoms with Gasteiger partial charge in [0.2, 0.25) is 0 Å². The van der Waals surface area contributed by atoms with E-state index >= 15 is 0 Å². The van der Waals surface area contributed by atoms with E-state index in [1.807, 2.05) is 0 Å². The van der Waals surface area contributed by atoms with Crippen LogP contribution in [0.5, 0.6) is 0 Å². The molecule has 0 spiro atoms. The molecule has 5 nitrogen and oxygen atoms in total. The van der Waals surface area contributed by atoms with E-state index in [1.165, 1.54) is 4.70 Å². The predicted octanol–water partition coefficient (Wildman–Crippen LogP) is 1.19. The van der Waals surface area contributed by atoms with Gasteiger partial charge in [0.05, 0.1) is 10.2 Å². The number of nitrogens with two attached hydrogens (primary N) is 1. The van der Waals surface area contributed by atoms with Gasteiger partial charge in [-0.25, -0.2) is 9.97 Å². The summed E-state index contributed by atoms with van der Waals surface area (Å²) >= 11 is 1.72. The second kappa shape index (κ2) is 6.47. The lowest BCUT2D eigenvalue weighted by atomic mass is 10.3. The normalized spacial score (nSPS) is 16.6. The van der Waals surface area contributed by atoms with E-state index in [4.69, 9.17) is 5.73 Å². The van der Waals surface area contributed by atoms with Crippen LogP contribution >= 0.6 is 23.7 Å². The van der Waals surface area contributed by atoms with E-state index in [9.17, 15) is 0 Å². The summed E-state index contributed by atoms with van der Waals surface area (Å²) in [5.41, 5.74) is 6.64. The maximum absolute atomic E-state index is 5.59. The fourth-order valence-corrected chi connectivity index (χ4v) is 3.23. The number of halogens is 1. The van der Waals surface area contributed by atoms with Crippen LogP contribution in [0.15, 0.2) is 17.8 Å². The van der Waals surface area contributed by atoms with Crippen molar-refractivity contribution in [2.75, 3.05) is 44.2 Å². The fraction of sp³-hybridized carbons (Fsp3) is 0.500. The first kappa shape index (κ1) is 14.5. The molecule has 0 saturated carbocycles. The van der Waals surface area contributed by atoms with E-state index in [0.717, 1.165) is 50.6 Å². The average Bonchev–Trinajstić information content (AvgIpc) is 2.88. The highest BCUT2D eigenvalue weighted by atomic mass is 35.5. The van der Waals surface area contributed by atoms with E-state index < -0.39 is 0 Å². The predicted molar refractivity (Wildman–Crippen MR) is 82.4 cm³/mol. The summed E-state index contributed by atoms with van der Waals surface area (Å²) in [7, 11) is 0. The Morgan fingerprint density at radius 3 is 2.74 bits per heavy atom. The molecule has 19 heavy (non-hydrogen) atoms. The Hall–Kier alpha value is -0.950. The fourth-order valence-electron chi connectivity index (χ4n) is 2.37. The minimum absolute atomic E-state index is 0. The Labute approximate surface area is 122 Å². The van der Waals surface area contributed by atoms with Crippen LogP contribution in [0.3, 0.4) is 0 Å². The Balaban J connectivity index is 0.00000133. The topological polar surface area (TPSA) is 58.3 Å². The molecule has 1 aliphatic rings. The Kier molecular flexibility index (Phi) is 4.93. The summed E-state index contributed by atoms with van der Waals surface area (Å²) in [6.07, 6.45) is 1.66. The van der Waals surface area contributed by atoms with Crippen molar-refractivity contribution in [3.8, 4) is 0 Å². The third kappa shape index (κ3) is 2.97. The molecule has 0 amide bonds. The van der Waals surface area contributed by atoms with Crippen LogP contribution in [-0.2, 0) is 0 Å². The van der Waals surface area contributed by atoms with Crippen LogP contribution in [-0.4, -0.2) is 54.1 Å². The van der Waals surface area contributed by atoms with Crippen molar-refractivity contribution in [1.82, 2.24) is 14.9 Å². The third-order valence-electron chi connectivity index (χ3n) is 3.34. The quantitative estimate of drug-likeness (QED) is 0.923. The van der Waals surface area contributed by atoms with E-state index in [-0.39, 0.29) is 12.4 Å². The van der Waals surface area contributed by atoms with Gasteiger partial charge in [-0.3, -0.25) is 4.90 Å². The molecule has 0 aliphatic carbocycles. The summed E-state index contributed by atoms with van der Waals surface area (Å²) in [6.45, 7) is 5.89. The Bertz CT molecular complexity index is 524. The van der Waals surface area contributed by atoms with Gasteiger partial charge in [-0.15, -0.1) is 23.7 Å². The van der Waals surface area contributed by atoms with E-state index in [1.54, 1.807) is 17.7 Å². The maximum atomic E-state index is 5.59. The third-order valence-corrected chi connectivity index (χ3v) is 4.24. The molecule has 0 bridgehead atoms. The molecule has 104 valence electrons. The van der Waals surface area contributed by atoms with Crippen LogP contribution in [0.25, 0.3) is 10.2 Å². The highest BCUT2D eigenvalue weighted by Gasteiger charge is 2.19. The van der Waals surface area contributed by atoms with Crippen molar-refractivity contribution < 1.29 is 0 Å². The number of anilines is 1. The highest BCUT2D eigenvalue weighted by Crippen LogP contribution is 2.28. The zero-order valence-electron chi connectivity index (χ0n) is 10.7. The molecule has 1 fully saturated rings. The number of hydrogen-bond donors (Lipinski definition) is 1. The standard InChI is InChI=1S/C12H17N5S.ClH/c13-2-3-16-4-6-17(7-5-16)12-11-10(1-8-18-11)14-9-15-12;/h1,8-9H,2-7,13H2;1H. The smallest absolute Gasteiger partial charge is 0.150 e. The van der Waals surface area contributed by atoms with Crippen LogP contribution in [0.4, 0.5) is 5.82 Å². The summed E-state index contributed by atoms with van der Waals surface area (Å²) in [5.74, 6) is 1.09. The van der Waals surface area contributed by atoms with Crippen molar-refractivity contribution >= 4 is 39.8 Å². The van der Waals surface area contributed by atoms with Gasteiger partial charge in [-0.2, -0.15) is 0 Å².